The molecule has 2 N–H and O–H groups in total. The zero-order valence-corrected chi connectivity index (χ0v) is 15.6. The Balaban J connectivity index is 1.66. The van der Waals surface area contributed by atoms with E-state index in [2.05, 4.69) is 10.6 Å². The van der Waals surface area contributed by atoms with Gasteiger partial charge >= 0.3 is 5.97 Å². The van der Waals surface area contributed by atoms with Crippen molar-refractivity contribution in [1.82, 2.24) is 5.32 Å². The highest BCUT2D eigenvalue weighted by atomic mass is 16.5. The first-order chi connectivity index (χ1) is 12.5. The van der Waals surface area contributed by atoms with Crippen LogP contribution in [0.1, 0.15) is 56.1 Å². The smallest absolute Gasteiger partial charge is 0.306 e. The molecule has 0 aromatic heterocycles. The Morgan fingerprint density at radius 1 is 1.00 bits per heavy atom. The Bertz CT molecular complexity index is 631. The molecule has 6 heteroatoms. The summed E-state index contributed by atoms with van der Waals surface area (Å²) in [5, 5.41) is 5.72. The summed E-state index contributed by atoms with van der Waals surface area (Å²) in [6, 6.07) is 5.95. The predicted molar refractivity (Wildman–Crippen MR) is 99.8 cm³/mol. The standard InChI is InChI=1S/C20H28N2O4/c1-14-7-6-8-15(2)20(14)22-18(24)13-26-19(25)12-11-17(23)21-16-9-4-3-5-10-16/h6-8,16H,3-5,9-13H2,1-2H3,(H,21,23)(H,22,24). The number of carbonyl (C=O) groups is 3. The molecule has 2 rings (SSSR count). The zero-order chi connectivity index (χ0) is 18.9. The lowest BCUT2D eigenvalue weighted by atomic mass is 9.95. The maximum absolute atomic E-state index is 12.0. The fourth-order valence-electron chi connectivity index (χ4n) is 3.17. The number of carbonyl (C=O) groups excluding carboxylic acids is 3. The van der Waals surface area contributed by atoms with Crippen molar-refractivity contribution in [3.05, 3.63) is 29.3 Å². The average molecular weight is 360 g/mol. The van der Waals surface area contributed by atoms with Crippen molar-refractivity contribution < 1.29 is 19.1 Å². The quantitative estimate of drug-likeness (QED) is 0.732. The Kier molecular flexibility index (Phi) is 7.63. The minimum Gasteiger partial charge on any atom is -0.456 e. The van der Waals surface area contributed by atoms with Gasteiger partial charge in [0.05, 0.1) is 6.42 Å². The Morgan fingerprint density at radius 3 is 2.31 bits per heavy atom. The minimum atomic E-state index is -0.541. The van der Waals surface area contributed by atoms with Crippen LogP contribution in [0.2, 0.25) is 0 Å². The lowest BCUT2D eigenvalue weighted by Crippen LogP contribution is -2.36. The summed E-state index contributed by atoms with van der Waals surface area (Å²) in [7, 11) is 0. The maximum atomic E-state index is 12.0. The molecule has 6 nitrogen and oxygen atoms in total. The van der Waals surface area contributed by atoms with Crippen LogP contribution in [-0.4, -0.2) is 30.4 Å². The molecule has 0 heterocycles. The van der Waals surface area contributed by atoms with Gasteiger partial charge in [0, 0.05) is 18.2 Å². The van der Waals surface area contributed by atoms with Gasteiger partial charge in [-0.3, -0.25) is 14.4 Å². The van der Waals surface area contributed by atoms with Crippen LogP contribution in [0.4, 0.5) is 5.69 Å². The summed E-state index contributed by atoms with van der Waals surface area (Å²) in [5.74, 6) is -1.06. The van der Waals surface area contributed by atoms with Gasteiger partial charge in [-0.1, -0.05) is 37.5 Å². The van der Waals surface area contributed by atoms with Gasteiger partial charge in [0.1, 0.15) is 0 Å². The van der Waals surface area contributed by atoms with Crippen LogP contribution in [0.3, 0.4) is 0 Å². The number of hydrogen-bond acceptors (Lipinski definition) is 4. The van der Waals surface area contributed by atoms with Crippen LogP contribution in [0.5, 0.6) is 0 Å². The molecule has 142 valence electrons. The fraction of sp³-hybridized carbons (Fsp3) is 0.550. The van der Waals surface area contributed by atoms with Crippen molar-refractivity contribution in [2.45, 2.75) is 64.8 Å². The van der Waals surface area contributed by atoms with Crippen LogP contribution < -0.4 is 10.6 Å². The number of para-hydroxylation sites is 1. The Morgan fingerprint density at radius 2 is 1.65 bits per heavy atom. The molecule has 2 amide bonds. The molecule has 1 aliphatic rings. The van der Waals surface area contributed by atoms with Gasteiger partial charge < -0.3 is 15.4 Å². The third-order valence-electron chi connectivity index (χ3n) is 4.64. The van der Waals surface area contributed by atoms with E-state index < -0.39 is 5.97 Å². The summed E-state index contributed by atoms with van der Waals surface area (Å²) in [5.41, 5.74) is 2.63. The molecule has 1 fully saturated rings. The topological polar surface area (TPSA) is 84.5 Å². The molecule has 1 aromatic carbocycles. The first-order valence-corrected chi connectivity index (χ1v) is 9.27. The highest BCUT2D eigenvalue weighted by molar-refractivity contribution is 5.94. The lowest BCUT2D eigenvalue weighted by Gasteiger charge is -2.22. The van der Waals surface area contributed by atoms with E-state index >= 15 is 0 Å². The molecular weight excluding hydrogens is 332 g/mol. The van der Waals surface area contributed by atoms with E-state index in [1.807, 2.05) is 32.0 Å². The number of nitrogens with one attached hydrogen (secondary N) is 2. The summed E-state index contributed by atoms with van der Waals surface area (Å²) in [6.07, 6.45) is 5.60. The number of ether oxygens (including phenoxy) is 1. The molecule has 26 heavy (non-hydrogen) atoms. The lowest BCUT2D eigenvalue weighted by molar-refractivity contribution is -0.148. The minimum absolute atomic E-state index is 0.0186. The molecule has 0 spiro atoms. The zero-order valence-electron chi connectivity index (χ0n) is 15.6. The van der Waals surface area contributed by atoms with E-state index in [0.29, 0.717) is 0 Å². The molecule has 0 radical (unpaired) electrons. The van der Waals surface area contributed by atoms with Gasteiger partial charge in [-0.15, -0.1) is 0 Å². The van der Waals surface area contributed by atoms with Gasteiger partial charge in [-0.25, -0.2) is 0 Å². The third-order valence-corrected chi connectivity index (χ3v) is 4.64. The number of esters is 1. The molecule has 0 unspecified atom stereocenters. The van der Waals surface area contributed by atoms with Crippen molar-refractivity contribution in [1.29, 1.82) is 0 Å². The van der Waals surface area contributed by atoms with Crippen LogP contribution >= 0.6 is 0 Å². The molecular formula is C20H28N2O4. The average Bonchev–Trinajstić information content (AvgIpc) is 2.62. The van der Waals surface area contributed by atoms with E-state index in [1.54, 1.807) is 0 Å². The van der Waals surface area contributed by atoms with E-state index in [1.165, 1.54) is 6.42 Å². The van der Waals surface area contributed by atoms with Crippen molar-refractivity contribution in [2.24, 2.45) is 0 Å². The van der Waals surface area contributed by atoms with Crippen molar-refractivity contribution in [3.63, 3.8) is 0 Å². The summed E-state index contributed by atoms with van der Waals surface area (Å²) in [6.45, 7) is 3.45. The number of hydrogen-bond donors (Lipinski definition) is 2. The second kappa shape index (κ2) is 9.94. The van der Waals surface area contributed by atoms with Crippen LogP contribution in [0.25, 0.3) is 0 Å². The Labute approximate surface area is 154 Å². The number of rotatable bonds is 7. The monoisotopic (exact) mass is 360 g/mol. The molecule has 1 saturated carbocycles. The molecule has 0 saturated heterocycles. The van der Waals surface area contributed by atoms with Gasteiger partial charge in [0.25, 0.3) is 5.91 Å². The molecule has 0 aliphatic heterocycles. The van der Waals surface area contributed by atoms with E-state index in [-0.39, 0.29) is 37.3 Å². The van der Waals surface area contributed by atoms with Gasteiger partial charge in [0.15, 0.2) is 6.61 Å². The number of amides is 2. The predicted octanol–water partition coefficient (Wildman–Crippen LogP) is 3.01. The van der Waals surface area contributed by atoms with Crippen molar-refractivity contribution in [3.8, 4) is 0 Å². The molecule has 1 aliphatic carbocycles. The second-order valence-corrected chi connectivity index (χ2v) is 6.88. The first kappa shape index (κ1) is 19.9. The van der Waals surface area contributed by atoms with Crippen LogP contribution in [0.15, 0.2) is 18.2 Å². The van der Waals surface area contributed by atoms with E-state index in [9.17, 15) is 14.4 Å². The summed E-state index contributed by atoms with van der Waals surface area (Å²) in [4.78, 5) is 35.6. The SMILES string of the molecule is Cc1cccc(C)c1NC(=O)COC(=O)CCC(=O)NC1CCCCC1. The number of aryl methyl sites for hydroxylation is 2. The molecule has 1 aromatic rings. The van der Waals surface area contributed by atoms with E-state index in [0.717, 1.165) is 42.5 Å². The normalized spacial score (nSPS) is 14.5. The van der Waals surface area contributed by atoms with Crippen molar-refractivity contribution in [2.75, 3.05) is 11.9 Å². The molecule has 0 bridgehead atoms. The maximum Gasteiger partial charge on any atom is 0.306 e. The first-order valence-electron chi connectivity index (χ1n) is 9.27. The highest BCUT2D eigenvalue weighted by Crippen LogP contribution is 2.19. The summed E-state index contributed by atoms with van der Waals surface area (Å²) >= 11 is 0. The van der Waals surface area contributed by atoms with Crippen molar-refractivity contribution >= 4 is 23.5 Å². The largest absolute Gasteiger partial charge is 0.456 e. The van der Waals surface area contributed by atoms with Gasteiger partial charge in [-0.2, -0.15) is 0 Å². The van der Waals surface area contributed by atoms with Gasteiger partial charge in [0.2, 0.25) is 5.91 Å². The van der Waals surface area contributed by atoms with Gasteiger partial charge in [-0.05, 0) is 37.8 Å². The second-order valence-electron chi connectivity index (χ2n) is 6.88. The summed E-state index contributed by atoms with van der Waals surface area (Å²) < 4.78 is 4.97. The fourth-order valence-corrected chi connectivity index (χ4v) is 3.17. The van der Waals surface area contributed by atoms with E-state index in [4.69, 9.17) is 4.74 Å². The van der Waals surface area contributed by atoms with Crippen LogP contribution in [0, 0.1) is 13.8 Å². The highest BCUT2D eigenvalue weighted by Gasteiger charge is 2.17. The van der Waals surface area contributed by atoms with Crippen LogP contribution in [-0.2, 0) is 19.1 Å². The third kappa shape index (κ3) is 6.50. The Hall–Kier alpha value is -2.37. The number of benzene rings is 1. The number of anilines is 1. The molecule has 0 atom stereocenters.